The van der Waals surface area contributed by atoms with Gasteiger partial charge in [-0.3, -0.25) is 4.68 Å². The minimum Gasteiger partial charge on any atom is -0.486 e. The summed E-state index contributed by atoms with van der Waals surface area (Å²) >= 11 is 0. The molecule has 2 aromatic rings. The predicted octanol–water partition coefficient (Wildman–Crippen LogP) is 2.04. The van der Waals surface area contributed by atoms with Crippen LogP contribution in [0.2, 0.25) is 0 Å². The summed E-state index contributed by atoms with van der Waals surface area (Å²) in [5, 5.41) is 7.92. The maximum Gasteiger partial charge on any atom is 0.161 e. The van der Waals surface area contributed by atoms with Gasteiger partial charge in [-0.15, -0.1) is 0 Å². The molecule has 2 heterocycles. The first-order valence-electron chi connectivity index (χ1n) is 7.37. The van der Waals surface area contributed by atoms with E-state index in [4.69, 9.17) is 9.47 Å². The van der Waals surface area contributed by atoms with E-state index in [-0.39, 0.29) is 0 Å². The van der Waals surface area contributed by atoms with Gasteiger partial charge in [0.25, 0.3) is 0 Å². The van der Waals surface area contributed by atoms with Gasteiger partial charge < -0.3 is 14.8 Å². The van der Waals surface area contributed by atoms with E-state index in [0.717, 1.165) is 36.7 Å². The molecule has 1 aliphatic rings. The van der Waals surface area contributed by atoms with Gasteiger partial charge in [-0.05, 0) is 24.1 Å². The molecule has 21 heavy (non-hydrogen) atoms. The van der Waals surface area contributed by atoms with Crippen LogP contribution in [0.15, 0.2) is 24.4 Å². The number of ether oxygens (including phenoxy) is 2. The summed E-state index contributed by atoms with van der Waals surface area (Å²) in [5.74, 6) is 1.68. The highest BCUT2D eigenvalue weighted by molar-refractivity contribution is 5.43. The van der Waals surface area contributed by atoms with Crippen LogP contribution in [-0.2, 0) is 26.6 Å². The fourth-order valence-corrected chi connectivity index (χ4v) is 2.57. The molecule has 0 atom stereocenters. The van der Waals surface area contributed by atoms with Crippen molar-refractivity contribution in [3.8, 4) is 11.5 Å². The van der Waals surface area contributed by atoms with Crippen molar-refractivity contribution in [1.29, 1.82) is 0 Å². The van der Waals surface area contributed by atoms with Crippen LogP contribution in [-0.4, -0.2) is 23.0 Å². The minimum atomic E-state index is 0.624. The lowest BCUT2D eigenvalue weighted by molar-refractivity contribution is 0.171. The predicted molar refractivity (Wildman–Crippen MR) is 80.6 cm³/mol. The van der Waals surface area contributed by atoms with E-state index in [0.29, 0.717) is 13.2 Å². The summed E-state index contributed by atoms with van der Waals surface area (Å²) < 4.78 is 13.0. The Balaban J connectivity index is 1.60. The molecule has 5 nitrogen and oxygen atoms in total. The lowest BCUT2D eigenvalue weighted by Gasteiger charge is -2.19. The highest BCUT2D eigenvalue weighted by Gasteiger charge is 2.11. The van der Waals surface area contributed by atoms with E-state index < -0.39 is 0 Å². The third-order valence-electron chi connectivity index (χ3n) is 3.58. The van der Waals surface area contributed by atoms with E-state index >= 15 is 0 Å². The largest absolute Gasteiger partial charge is 0.486 e. The van der Waals surface area contributed by atoms with Crippen molar-refractivity contribution in [2.45, 2.75) is 26.4 Å². The van der Waals surface area contributed by atoms with Crippen LogP contribution >= 0.6 is 0 Å². The Morgan fingerprint density at radius 3 is 2.81 bits per heavy atom. The highest BCUT2D eigenvalue weighted by Crippen LogP contribution is 2.30. The van der Waals surface area contributed by atoms with Crippen LogP contribution in [0.5, 0.6) is 11.5 Å². The maximum absolute atomic E-state index is 5.60. The zero-order valence-corrected chi connectivity index (χ0v) is 12.6. The molecule has 0 radical (unpaired) electrons. The maximum atomic E-state index is 5.60. The molecule has 0 bridgehead atoms. The Kier molecular flexibility index (Phi) is 4.10. The number of hydrogen-bond donors (Lipinski definition) is 1. The third-order valence-corrected chi connectivity index (χ3v) is 3.58. The molecule has 1 N–H and O–H groups in total. The van der Waals surface area contributed by atoms with Gasteiger partial charge in [0, 0.05) is 31.9 Å². The Morgan fingerprint density at radius 2 is 2.00 bits per heavy atom. The molecule has 1 aromatic heterocycles. The first kappa shape index (κ1) is 13.9. The molecule has 0 fully saturated rings. The molecule has 0 saturated heterocycles. The summed E-state index contributed by atoms with van der Waals surface area (Å²) in [6, 6.07) is 6.10. The SMILES string of the molecule is CCc1nn(C)cc1CNCc1ccc2c(c1)OCCO2. The van der Waals surface area contributed by atoms with Gasteiger partial charge in [-0.25, -0.2) is 0 Å². The van der Waals surface area contributed by atoms with Crippen LogP contribution in [0.25, 0.3) is 0 Å². The molecule has 112 valence electrons. The molecule has 0 saturated carbocycles. The number of fused-ring (bicyclic) bond motifs is 1. The summed E-state index contributed by atoms with van der Waals surface area (Å²) in [7, 11) is 1.96. The minimum absolute atomic E-state index is 0.624. The number of rotatable bonds is 5. The molecule has 3 rings (SSSR count). The quantitative estimate of drug-likeness (QED) is 0.914. The first-order valence-corrected chi connectivity index (χ1v) is 7.37. The second-order valence-electron chi connectivity index (χ2n) is 5.21. The fraction of sp³-hybridized carbons (Fsp3) is 0.438. The second kappa shape index (κ2) is 6.18. The van der Waals surface area contributed by atoms with Gasteiger partial charge in [0.1, 0.15) is 13.2 Å². The van der Waals surface area contributed by atoms with Crippen LogP contribution in [0.3, 0.4) is 0 Å². The van der Waals surface area contributed by atoms with Crippen molar-refractivity contribution in [2.75, 3.05) is 13.2 Å². The van der Waals surface area contributed by atoms with Crippen molar-refractivity contribution < 1.29 is 9.47 Å². The fourth-order valence-electron chi connectivity index (χ4n) is 2.57. The molecule has 0 amide bonds. The molecule has 5 heteroatoms. The number of hydrogen-bond acceptors (Lipinski definition) is 4. The molecular formula is C16H21N3O2. The number of aryl methyl sites for hydroxylation is 2. The zero-order chi connectivity index (χ0) is 14.7. The average molecular weight is 287 g/mol. The van der Waals surface area contributed by atoms with Gasteiger partial charge in [0.2, 0.25) is 0 Å². The van der Waals surface area contributed by atoms with Crippen LogP contribution in [0.4, 0.5) is 0 Å². The number of aromatic nitrogens is 2. The van der Waals surface area contributed by atoms with Crippen LogP contribution in [0, 0.1) is 0 Å². The molecule has 0 spiro atoms. The molecule has 0 unspecified atom stereocenters. The Morgan fingerprint density at radius 1 is 1.19 bits per heavy atom. The zero-order valence-electron chi connectivity index (χ0n) is 12.6. The van der Waals surface area contributed by atoms with E-state index in [1.165, 1.54) is 11.1 Å². The van der Waals surface area contributed by atoms with Gasteiger partial charge in [0.05, 0.1) is 5.69 Å². The average Bonchev–Trinajstić information content (AvgIpc) is 2.87. The Bertz CT molecular complexity index is 622. The number of nitrogens with zero attached hydrogens (tertiary/aromatic N) is 2. The molecule has 0 aliphatic carbocycles. The summed E-state index contributed by atoms with van der Waals surface area (Å²) in [4.78, 5) is 0. The third kappa shape index (κ3) is 3.19. The Labute approximate surface area is 124 Å². The monoisotopic (exact) mass is 287 g/mol. The second-order valence-corrected chi connectivity index (χ2v) is 5.21. The van der Waals surface area contributed by atoms with Crippen molar-refractivity contribution in [3.05, 3.63) is 41.2 Å². The van der Waals surface area contributed by atoms with Crippen molar-refractivity contribution in [2.24, 2.45) is 7.05 Å². The van der Waals surface area contributed by atoms with E-state index in [2.05, 4.69) is 29.6 Å². The smallest absolute Gasteiger partial charge is 0.161 e. The lowest BCUT2D eigenvalue weighted by atomic mass is 10.1. The number of benzene rings is 1. The molecule has 1 aromatic carbocycles. The van der Waals surface area contributed by atoms with Crippen molar-refractivity contribution >= 4 is 0 Å². The van der Waals surface area contributed by atoms with Crippen molar-refractivity contribution in [3.63, 3.8) is 0 Å². The summed E-state index contributed by atoms with van der Waals surface area (Å²) in [5.41, 5.74) is 3.62. The van der Waals surface area contributed by atoms with E-state index in [1.807, 2.05) is 23.9 Å². The molecule has 1 aliphatic heterocycles. The van der Waals surface area contributed by atoms with Crippen LogP contribution in [0.1, 0.15) is 23.7 Å². The highest BCUT2D eigenvalue weighted by atomic mass is 16.6. The van der Waals surface area contributed by atoms with Crippen LogP contribution < -0.4 is 14.8 Å². The first-order chi connectivity index (χ1) is 10.3. The normalized spacial score (nSPS) is 13.4. The van der Waals surface area contributed by atoms with Gasteiger partial charge in [-0.1, -0.05) is 13.0 Å². The van der Waals surface area contributed by atoms with Crippen molar-refractivity contribution in [1.82, 2.24) is 15.1 Å². The van der Waals surface area contributed by atoms with Gasteiger partial charge in [0.15, 0.2) is 11.5 Å². The van der Waals surface area contributed by atoms with Gasteiger partial charge >= 0.3 is 0 Å². The standard InChI is InChI=1S/C16H21N3O2/c1-3-14-13(11-19(2)18-14)10-17-9-12-4-5-15-16(8-12)21-7-6-20-15/h4-5,8,11,17H,3,6-7,9-10H2,1-2H3. The topological polar surface area (TPSA) is 48.3 Å². The lowest BCUT2D eigenvalue weighted by Crippen LogP contribution is -2.17. The summed E-state index contributed by atoms with van der Waals surface area (Å²) in [6.07, 6.45) is 3.04. The van der Waals surface area contributed by atoms with E-state index in [9.17, 15) is 0 Å². The molecular weight excluding hydrogens is 266 g/mol. The summed E-state index contributed by atoms with van der Waals surface area (Å²) in [6.45, 7) is 5.01. The Hall–Kier alpha value is -2.01. The van der Waals surface area contributed by atoms with Gasteiger partial charge in [-0.2, -0.15) is 5.10 Å². The number of nitrogens with one attached hydrogen (secondary N) is 1. The van der Waals surface area contributed by atoms with E-state index in [1.54, 1.807) is 0 Å².